The number of hydrogen-bond donors (Lipinski definition) is 2. The number of fused-ring (bicyclic) bond motifs is 3. The molecule has 3 heterocycles. The SMILES string of the molecule is Nc1cc(F)cc(NC2CN3CCC2CC3)c1. The molecule has 3 aliphatic rings. The molecule has 4 rings (SSSR count). The summed E-state index contributed by atoms with van der Waals surface area (Å²) < 4.78 is 13.2. The Balaban J connectivity index is 1.74. The molecule has 3 aliphatic heterocycles. The molecule has 3 saturated heterocycles. The molecule has 1 atom stereocenters. The van der Waals surface area contributed by atoms with Crippen LogP contribution in [0.25, 0.3) is 0 Å². The van der Waals surface area contributed by atoms with Gasteiger partial charge in [-0.1, -0.05) is 0 Å². The van der Waals surface area contributed by atoms with Crippen LogP contribution in [0, 0.1) is 11.7 Å². The summed E-state index contributed by atoms with van der Waals surface area (Å²) >= 11 is 0. The third-order valence-corrected chi connectivity index (χ3v) is 3.93. The summed E-state index contributed by atoms with van der Waals surface area (Å²) in [5, 5.41) is 3.43. The quantitative estimate of drug-likeness (QED) is 0.769. The molecule has 3 N–H and O–H groups in total. The van der Waals surface area contributed by atoms with Gasteiger partial charge in [0, 0.05) is 24.0 Å². The van der Waals surface area contributed by atoms with Crippen LogP contribution >= 0.6 is 0 Å². The van der Waals surface area contributed by atoms with Gasteiger partial charge < -0.3 is 16.0 Å². The van der Waals surface area contributed by atoms with Crippen molar-refractivity contribution < 1.29 is 4.39 Å². The summed E-state index contributed by atoms with van der Waals surface area (Å²) in [5.74, 6) is 0.457. The highest BCUT2D eigenvalue weighted by Gasteiger charge is 2.33. The number of piperidine rings is 3. The van der Waals surface area contributed by atoms with Gasteiger partial charge in [0.1, 0.15) is 5.82 Å². The maximum absolute atomic E-state index is 13.2. The summed E-state index contributed by atoms with van der Waals surface area (Å²) in [6, 6.07) is 5.12. The topological polar surface area (TPSA) is 41.3 Å². The lowest BCUT2D eigenvalue weighted by molar-refractivity contribution is 0.0975. The van der Waals surface area contributed by atoms with Gasteiger partial charge in [0.05, 0.1) is 0 Å². The van der Waals surface area contributed by atoms with E-state index < -0.39 is 0 Å². The third kappa shape index (κ3) is 2.22. The molecule has 2 bridgehead atoms. The van der Waals surface area contributed by atoms with E-state index in [1.807, 2.05) is 0 Å². The summed E-state index contributed by atoms with van der Waals surface area (Å²) in [7, 11) is 0. The maximum Gasteiger partial charge on any atom is 0.127 e. The Hall–Kier alpha value is -1.29. The van der Waals surface area contributed by atoms with Gasteiger partial charge >= 0.3 is 0 Å². The fourth-order valence-electron chi connectivity index (χ4n) is 3.04. The van der Waals surface area contributed by atoms with E-state index in [-0.39, 0.29) is 5.82 Å². The average molecular weight is 235 g/mol. The van der Waals surface area contributed by atoms with Gasteiger partial charge in [0.2, 0.25) is 0 Å². The van der Waals surface area contributed by atoms with Crippen LogP contribution in [-0.2, 0) is 0 Å². The molecule has 1 unspecified atom stereocenters. The van der Waals surface area contributed by atoms with Crippen LogP contribution in [0.2, 0.25) is 0 Å². The second-order valence-corrected chi connectivity index (χ2v) is 5.16. The molecule has 0 amide bonds. The molecule has 17 heavy (non-hydrogen) atoms. The molecule has 3 fully saturated rings. The fraction of sp³-hybridized carbons (Fsp3) is 0.538. The summed E-state index contributed by atoms with van der Waals surface area (Å²) in [6.45, 7) is 3.50. The predicted octanol–water partition coefficient (Wildman–Crippen LogP) is 1.91. The number of nitrogen functional groups attached to an aromatic ring is 1. The van der Waals surface area contributed by atoms with Crippen LogP contribution < -0.4 is 11.1 Å². The first kappa shape index (κ1) is 10.8. The lowest BCUT2D eigenvalue weighted by Crippen LogP contribution is -2.53. The van der Waals surface area contributed by atoms with E-state index in [1.165, 1.54) is 38.1 Å². The van der Waals surface area contributed by atoms with Crippen molar-refractivity contribution in [1.29, 1.82) is 0 Å². The van der Waals surface area contributed by atoms with Gasteiger partial charge in [-0.05, 0) is 50.0 Å². The highest BCUT2D eigenvalue weighted by atomic mass is 19.1. The van der Waals surface area contributed by atoms with Gasteiger partial charge in [0.15, 0.2) is 0 Å². The first-order chi connectivity index (χ1) is 8.20. The number of nitrogens with zero attached hydrogens (tertiary/aromatic N) is 1. The number of nitrogens with two attached hydrogens (primary N) is 1. The number of benzene rings is 1. The Morgan fingerprint density at radius 3 is 2.59 bits per heavy atom. The van der Waals surface area contributed by atoms with Crippen LogP contribution in [0.5, 0.6) is 0 Å². The number of anilines is 2. The van der Waals surface area contributed by atoms with Crippen LogP contribution in [0.4, 0.5) is 15.8 Å². The predicted molar refractivity (Wildman–Crippen MR) is 67.4 cm³/mol. The third-order valence-electron chi connectivity index (χ3n) is 3.93. The Morgan fingerprint density at radius 1 is 1.24 bits per heavy atom. The smallest absolute Gasteiger partial charge is 0.127 e. The molecule has 0 spiro atoms. The minimum Gasteiger partial charge on any atom is -0.399 e. The molecular formula is C13H18FN3. The van der Waals surface area contributed by atoms with Crippen molar-refractivity contribution >= 4 is 11.4 Å². The minimum atomic E-state index is -0.270. The standard InChI is InChI=1S/C13H18FN3/c14-10-5-11(15)7-12(6-10)16-13-8-17-3-1-9(13)2-4-17/h5-7,9,13,16H,1-4,8,15H2. The van der Waals surface area contributed by atoms with Gasteiger partial charge in [-0.25, -0.2) is 4.39 Å². The van der Waals surface area contributed by atoms with Gasteiger partial charge in [-0.3, -0.25) is 0 Å². The molecule has 0 saturated carbocycles. The zero-order chi connectivity index (χ0) is 11.8. The molecule has 4 heteroatoms. The van der Waals surface area contributed by atoms with Crippen LogP contribution in [0.1, 0.15) is 12.8 Å². The van der Waals surface area contributed by atoms with Gasteiger partial charge in [-0.15, -0.1) is 0 Å². The summed E-state index contributed by atoms with van der Waals surface area (Å²) in [4.78, 5) is 2.47. The van der Waals surface area contributed by atoms with E-state index in [2.05, 4.69) is 10.2 Å². The maximum atomic E-state index is 13.2. The number of rotatable bonds is 2. The van der Waals surface area contributed by atoms with E-state index in [1.54, 1.807) is 6.07 Å². The molecule has 1 aromatic carbocycles. The van der Waals surface area contributed by atoms with E-state index in [0.29, 0.717) is 11.7 Å². The molecule has 0 aromatic heterocycles. The largest absolute Gasteiger partial charge is 0.399 e. The zero-order valence-corrected chi connectivity index (χ0v) is 9.82. The highest BCUT2D eigenvalue weighted by molar-refractivity contribution is 5.55. The van der Waals surface area contributed by atoms with Crippen molar-refractivity contribution in [2.45, 2.75) is 18.9 Å². The van der Waals surface area contributed by atoms with Crippen LogP contribution in [0.15, 0.2) is 18.2 Å². The van der Waals surface area contributed by atoms with E-state index in [0.717, 1.165) is 18.2 Å². The first-order valence-electron chi connectivity index (χ1n) is 6.26. The number of hydrogen-bond acceptors (Lipinski definition) is 3. The van der Waals surface area contributed by atoms with E-state index >= 15 is 0 Å². The normalized spacial score (nSPS) is 31.5. The Morgan fingerprint density at radius 2 is 2.00 bits per heavy atom. The lowest BCUT2D eigenvalue weighted by atomic mass is 9.84. The van der Waals surface area contributed by atoms with Gasteiger partial charge in [-0.2, -0.15) is 0 Å². The van der Waals surface area contributed by atoms with Crippen LogP contribution in [-0.4, -0.2) is 30.6 Å². The lowest BCUT2D eigenvalue weighted by Gasteiger charge is -2.45. The van der Waals surface area contributed by atoms with Crippen LogP contribution in [0.3, 0.4) is 0 Å². The Labute approximate surface area is 101 Å². The van der Waals surface area contributed by atoms with Crippen molar-refractivity contribution in [3.8, 4) is 0 Å². The fourth-order valence-corrected chi connectivity index (χ4v) is 3.04. The van der Waals surface area contributed by atoms with Crippen molar-refractivity contribution in [3.05, 3.63) is 24.0 Å². The van der Waals surface area contributed by atoms with Crippen molar-refractivity contribution in [1.82, 2.24) is 4.90 Å². The molecule has 0 aliphatic carbocycles. The summed E-state index contributed by atoms with van der Waals surface area (Å²) in [5.41, 5.74) is 6.94. The highest BCUT2D eigenvalue weighted by Crippen LogP contribution is 2.30. The monoisotopic (exact) mass is 235 g/mol. The molecule has 92 valence electrons. The van der Waals surface area contributed by atoms with Gasteiger partial charge in [0.25, 0.3) is 0 Å². The Bertz CT molecular complexity index is 393. The van der Waals surface area contributed by atoms with E-state index in [4.69, 9.17) is 5.73 Å². The second-order valence-electron chi connectivity index (χ2n) is 5.16. The van der Waals surface area contributed by atoms with Crippen molar-refractivity contribution in [2.24, 2.45) is 5.92 Å². The first-order valence-corrected chi connectivity index (χ1v) is 6.26. The minimum absolute atomic E-state index is 0.270. The molecule has 0 radical (unpaired) electrons. The number of nitrogens with one attached hydrogen (secondary N) is 1. The zero-order valence-electron chi connectivity index (χ0n) is 9.82. The average Bonchev–Trinajstić information content (AvgIpc) is 2.29. The van der Waals surface area contributed by atoms with E-state index in [9.17, 15) is 4.39 Å². The Kier molecular flexibility index (Phi) is 2.67. The second kappa shape index (κ2) is 4.18. The molecular weight excluding hydrogens is 217 g/mol. The van der Waals surface area contributed by atoms with Crippen molar-refractivity contribution in [3.63, 3.8) is 0 Å². The van der Waals surface area contributed by atoms with Crippen molar-refractivity contribution in [2.75, 3.05) is 30.7 Å². The number of halogens is 1. The molecule has 1 aromatic rings. The molecule has 3 nitrogen and oxygen atoms in total. The summed E-state index contributed by atoms with van der Waals surface area (Å²) in [6.07, 6.45) is 2.50.